The van der Waals surface area contributed by atoms with Crippen LogP contribution in [0.25, 0.3) is 0 Å². The lowest BCUT2D eigenvalue weighted by Gasteiger charge is -2.48. The summed E-state index contributed by atoms with van der Waals surface area (Å²) >= 11 is 0. The minimum absolute atomic E-state index is 0.266. The lowest BCUT2D eigenvalue weighted by molar-refractivity contribution is 0.0557. The van der Waals surface area contributed by atoms with E-state index < -0.39 is 0 Å². The number of nitrogens with zero attached hydrogens (tertiary/aromatic N) is 1. The zero-order chi connectivity index (χ0) is 14.9. The average molecular weight is 288 g/mol. The minimum atomic E-state index is 0.266. The second-order valence-corrected chi connectivity index (χ2v) is 6.85. The Morgan fingerprint density at radius 3 is 2.67 bits per heavy atom. The monoisotopic (exact) mass is 288 g/mol. The number of phenolic OH excluding ortho intramolecular Hbond substituents is 1. The number of aromatic hydroxyl groups is 1. The number of benzene rings is 1. The van der Waals surface area contributed by atoms with Gasteiger partial charge in [-0.25, -0.2) is 0 Å². The van der Waals surface area contributed by atoms with Crippen molar-refractivity contribution in [3.05, 3.63) is 29.8 Å². The molecule has 2 aliphatic rings. The summed E-state index contributed by atoms with van der Waals surface area (Å²) in [5.74, 6) is 1.25. The molecular formula is C18H28N2O. The SMILES string of the molecule is CCC1(CC)CN(Cc2cccc(O)c2)C(C2CC2)CN1. The smallest absolute Gasteiger partial charge is 0.115 e. The van der Waals surface area contributed by atoms with Gasteiger partial charge in [0.1, 0.15) is 5.75 Å². The van der Waals surface area contributed by atoms with Gasteiger partial charge in [0.15, 0.2) is 0 Å². The van der Waals surface area contributed by atoms with Crippen molar-refractivity contribution in [3.63, 3.8) is 0 Å². The fraction of sp³-hybridized carbons (Fsp3) is 0.667. The topological polar surface area (TPSA) is 35.5 Å². The summed E-state index contributed by atoms with van der Waals surface area (Å²) in [6.45, 7) is 7.78. The van der Waals surface area contributed by atoms with Crippen molar-refractivity contribution in [3.8, 4) is 5.75 Å². The molecule has 3 rings (SSSR count). The number of hydrogen-bond acceptors (Lipinski definition) is 3. The molecule has 1 heterocycles. The van der Waals surface area contributed by atoms with Gasteiger partial charge in [0.25, 0.3) is 0 Å². The lowest BCUT2D eigenvalue weighted by atomic mass is 9.87. The molecule has 21 heavy (non-hydrogen) atoms. The zero-order valence-electron chi connectivity index (χ0n) is 13.3. The molecule has 0 spiro atoms. The fourth-order valence-corrected chi connectivity index (χ4v) is 3.74. The third-order valence-electron chi connectivity index (χ3n) is 5.48. The molecule has 1 saturated carbocycles. The molecule has 1 aliphatic carbocycles. The van der Waals surface area contributed by atoms with Crippen LogP contribution in [0.15, 0.2) is 24.3 Å². The normalized spacial score (nSPS) is 25.9. The molecular weight excluding hydrogens is 260 g/mol. The molecule has 0 aromatic heterocycles. The van der Waals surface area contributed by atoms with Crippen LogP contribution in [0, 0.1) is 5.92 Å². The van der Waals surface area contributed by atoms with Crippen molar-refractivity contribution >= 4 is 0 Å². The highest BCUT2D eigenvalue weighted by Crippen LogP contribution is 2.38. The summed E-state index contributed by atoms with van der Waals surface area (Å²) in [7, 11) is 0. The van der Waals surface area contributed by atoms with E-state index in [9.17, 15) is 5.11 Å². The molecule has 116 valence electrons. The van der Waals surface area contributed by atoms with Crippen molar-refractivity contribution in [2.75, 3.05) is 13.1 Å². The summed E-state index contributed by atoms with van der Waals surface area (Å²) in [5.41, 5.74) is 1.49. The number of phenols is 1. The van der Waals surface area contributed by atoms with Gasteiger partial charge in [0, 0.05) is 31.2 Å². The van der Waals surface area contributed by atoms with Gasteiger partial charge in [-0.15, -0.1) is 0 Å². The van der Waals surface area contributed by atoms with Gasteiger partial charge in [-0.05, 0) is 49.3 Å². The molecule has 1 aromatic rings. The molecule has 0 bridgehead atoms. The van der Waals surface area contributed by atoms with Crippen LogP contribution in [0.3, 0.4) is 0 Å². The van der Waals surface area contributed by atoms with Crippen LogP contribution in [0.5, 0.6) is 5.75 Å². The molecule has 1 atom stereocenters. The highest BCUT2D eigenvalue weighted by atomic mass is 16.3. The molecule has 1 aromatic carbocycles. The van der Waals surface area contributed by atoms with Crippen molar-refractivity contribution in [1.82, 2.24) is 10.2 Å². The van der Waals surface area contributed by atoms with Crippen molar-refractivity contribution in [2.45, 2.75) is 57.7 Å². The zero-order valence-corrected chi connectivity index (χ0v) is 13.3. The van der Waals surface area contributed by atoms with Gasteiger partial charge in [-0.1, -0.05) is 26.0 Å². The fourth-order valence-electron chi connectivity index (χ4n) is 3.74. The summed E-state index contributed by atoms with van der Waals surface area (Å²) in [6, 6.07) is 8.41. The van der Waals surface area contributed by atoms with Crippen LogP contribution >= 0.6 is 0 Å². The van der Waals surface area contributed by atoms with Crippen molar-refractivity contribution in [1.29, 1.82) is 0 Å². The van der Waals surface area contributed by atoms with Gasteiger partial charge < -0.3 is 10.4 Å². The van der Waals surface area contributed by atoms with Crippen molar-refractivity contribution in [2.24, 2.45) is 5.92 Å². The van der Waals surface area contributed by atoms with E-state index in [0.717, 1.165) is 25.6 Å². The maximum absolute atomic E-state index is 9.69. The molecule has 2 fully saturated rings. The van der Waals surface area contributed by atoms with E-state index in [0.29, 0.717) is 11.8 Å². The van der Waals surface area contributed by atoms with E-state index in [1.807, 2.05) is 12.1 Å². The number of rotatable bonds is 5. The summed E-state index contributed by atoms with van der Waals surface area (Å²) in [4.78, 5) is 2.66. The molecule has 1 unspecified atom stereocenters. The quantitative estimate of drug-likeness (QED) is 0.874. The van der Waals surface area contributed by atoms with Gasteiger partial charge >= 0.3 is 0 Å². The van der Waals surface area contributed by atoms with Gasteiger partial charge in [0.2, 0.25) is 0 Å². The van der Waals surface area contributed by atoms with Crippen molar-refractivity contribution < 1.29 is 5.11 Å². The standard InChI is InChI=1S/C18H28N2O/c1-3-18(4-2)13-20(17(11-19-18)15-8-9-15)12-14-6-5-7-16(21)10-14/h5-7,10,15,17,19,21H,3-4,8-9,11-13H2,1-2H3. The molecule has 0 amide bonds. The van der Waals surface area contributed by atoms with E-state index >= 15 is 0 Å². The minimum Gasteiger partial charge on any atom is -0.508 e. The van der Waals surface area contributed by atoms with Crippen LogP contribution in [-0.2, 0) is 6.54 Å². The second-order valence-electron chi connectivity index (χ2n) is 6.85. The number of nitrogens with one attached hydrogen (secondary N) is 1. The van der Waals surface area contributed by atoms with E-state index in [1.54, 1.807) is 6.07 Å². The Morgan fingerprint density at radius 2 is 2.05 bits per heavy atom. The first-order valence-corrected chi connectivity index (χ1v) is 8.43. The molecule has 1 saturated heterocycles. The lowest BCUT2D eigenvalue weighted by Crippen LogP contribution is -2.64. The Balaban J connectivity index is 1.77. The first kappa shape index (κ1) is 14.9. The predicted molar refractivity (Wildman–Crippen MR) is 86.3 cm³/mol. The predicted octanol–water partition coefficient (Wildman–Crippen LogP) is 3.13. The number of hydrogen-bond donors (Lipinski definition) is 2. The molecule has 1 aliphatic heterocycles. The van der Waals surface area contributed by atoms with Crippen LogP contribution in [0.1, 0.15) is 45.1 Å². The van der Waals surface area contributed by atoms with Crippen LogP contribution in [0.2, 0.25) is 0 Å². The molecule has 2 N–H and O–H groups in total. The highest BCUT2D eigenvalue weighted by molar-refractivity contribution is 5.27. The van der Waals surface area contributed by atoms with Gasteiger partial charge in [-0.2, -0.15) is 0 Å². The maximum atomic E-state index is 9.69. The second kappa shape index (κ2) is 5.98. The Hall–Kier alpha value is -1.06. The van der Waals surface area contributed by atoms with Gasteiger partial charge in [0.05, 0.1) is 0 Å². The third-order valence-corrected chi connectivity index (χ3v) is 5.48. The van der Waals surface area contributed by atoms with E-state index in [1.165, 1.54) is 31.2 Å². The average Bonchev–Trinajstić information content (AvgIpc) is 3.32. The Labute approximate surface area is 128 Å². The Kier molecular flexibility index (Phi) is 4.23. The summed E-state index contributed by atoms with van der Waals surface area (Å²) in [6.07, 6.45) is 5.12. The Bertz CT molecular complexity index is 480. The first-order valence-electron chi connectivity index (χ1n) is 8.43. The van der Waals surface area contributed by atoms with E-state index in [4.69, 9.17) is 0 Å². The largest absolute Gasteiger partial charge is 0.508 e. The first-order chi connectivity index (χ1) is 10.2. The van der Waals surface area contributed by atoms with E-state index in [-0.39, 0.29) is 5.54 Å². The summed E-state index contributed by atoms with van der Waals surface area (Å²) < 4.78 is 0. The number of piperazine rings is 1. The van der Waals surface area contributed by atoms with Crippen LogP contribution < -0.4 is 5.32 Å². The molecule has 0 radical (unpaired) electrons. The Morgan fingerprint density at radius 1 is 1.29 bits per heavy atom. The maximum Gasteiger partial charge on any atom is 0.115 e. The summed E-state index contributed by atoms with van der Waals surface area (Å²) in [5, 5.41) is 13.5. The van der Waals surface area contributed by atoms with Crippen LogP contribution in [-0.4, -0.2) is 34.7 Å². The van der Waals surface area contributed by atoms with Gasteiger partial charge in [-0.3, -0.25) is 4.90 Å². The van der Waals surface area contributed by atoms with Crippen LogP contribution in [0.4, 0.5) is 0 Å². The third kappa shape index (κ3) is 3.24. The van der Waals surface area contributed by atoms with E-state index in [2.05, 4.69) is 30.1 Å². The molecule has 3 heteroatoms. The highest BCUT2D eigenvalue weighted by Gasteiger charge is 2.42. The molecule has 3 nitrogen and oxygen atoms in total.